The van der Waals surface area contributed by atoms with Crippen molar-refractivity contribution in [2.45, 2.75) is 25.6 Å². The topological polar surface area (TPSA) is 57.2 Å². The number of hydrogen-bond donors (Lipinski definition) is 3. The van der Waals surface area contributed by atoms with E-state index >= 15 is 0 Å². The van der Waals surface area contributed by atoms with Crippen LogP contribution < -0.4 is 10.6 Å². The van der Waals surface area contributed by atoms with Crippen LogP contribution in [0.15, 0.2) is 18.2 Å². The quantitative estimate of drug-likeness (QED) is 0.736. The molecular formula is C11H16F3N3O. The summed E-state index contributed by atoms with van der Waals surface area (Å²) in [5, 5.41) is 14.3. The average Bonchev–Trinajstić information content (AvgIpc) is 2.32. The molecule has 4 nitrogen and oxygen atoms in total. The summed E-state index contributed by atoms with van der Waals surface area (Å²) in [6.07, 6.45) is -6.09. The Labute approximate surface area is 103 Å². The minimum Gasteiger partial charge on any atom is -0.382 e. The van der Waals surface area contributed by atoms with Crippen LogP contribution >= 0.6 is 0 Å². The first kappa shape index (κ1) is 14.6. The number of alkyl halides is 3. The third kappa shape index (κ3) is 4.79. The van der Waals surface area contributed by atoms with E-state index in [1.54, 1.807) is 18.2 Å². The summed E-state index contributed by atoms with van der Waals surface area (Å²) >= 11 is 0. The standard InChI is InChI=1S/C11H16F3N3O/c1-2-6-15-9-4-3-5-10(17-9)16-7-8(18)11(12,13)14/h3-5,8,18H,2,6-7H2,1H3,(H2,15,16,17). The largest absolute Gasteiger partial charge is 0.416 e. The van der Waals surface area contributed by atoms with Gasteiger partial charge in [0.25, 0.3) is 0 Å². The maximum atomic E-state index is 12.1. The Morgan fingerprint density at radius 1 is 1.28 bits per heavy atom. The zero-order valence-corrected chi connectivity index (χ0v) is 9.96. The number of aromatic nitrogens is 1. The molecule has 1 unspecified atom stereocenters. The van der Waals surface area contributed by atoms with Gasteiger partial charge in [-0.05, 0) is 18.6 Å². The van der Waals surface area contributed by atoms with Crippen LogP contribution in [0.1, 0.15) is 13.3 Å². The summed E-state index contributed by atoms with van der Waals surface area (Å²) in [7, 11) is 0. The summed E-state index contributed by atoms with van der Waals surface area (Å²) in [5.74, 6) is 0.878. The van der Waals surface area contributed by atoms with E-state index in [1.807, 2.05) is 6.92 Å². The Hall–Kier alpha value is -1.50. The van der Waals surface area contributed by atoms with Gasteiger partial charge in [0, 0.05) is 6.54 Å². The van der Waals surface area contributed by atoms with E-state index in [0.29, 0.717) is 11.6 Å². The third-order valence-electron chi connectivity index (χ3n) is 2.16. The van der Waals surface area contributed by atoms with E-state index in [4.69, 9.17) is 5.11 Å². The van der Waals surface area contributed by atoms with Gasteiger partial charge >= 0.3 is 6.18 Å². The number of halogens is 3. The van der Waals surface area contributed by atoms with Crippen LogP contribution in [0.2, 0.25) is 0 Å². The summed E-state index contributed by atoms with van der Waals surface area (Å²) in [6, 6.07) is 4.94. The smallest absolute Gasteiger partial charge is 0.382 e. The van der Waals surface area contributed by atoms with E-state index in [-0.39, 0.29) is 0 Å². The van der Waals surface area contributed by atoms with Crippen LogP contribution in [0.25, 0.3) is 0 Å². The van der Waals surface area contributed by atoms with Crippen molar-refractivity contribution in [3.8, 4) is 0 Å². The molecule has 102 valence electrons. The van der Waals surface area contributed by atoms with Crippen molar-refractivity contribution in [3.05, 3.63) is 18.2 Å². The van der Waals surface area contributed by atoms with Crippen LogP contribution in [0, 0.1) is 0 Å². The number of pyridine rings is 1. The van der Waals surface area contributed by atoms with Gasteiger partial charge < -0.3 is 15.7 Å². The molecule has 18 heavy (non-hydrogen) atoms. The lowest BCUT2D eigenvalue weighted by molar-refractivity contribution is -0.198. The van der Waals surface area contributed by atoms with Crippen molar-refractivity contribution in [2.75, 3.05) is 23.7 Å². The zero-order chi connectivity index (χ0) is 13.6. The van der Waals surface area contributed by atoms with Gasteiger partial charge in [-0.1, -0.05) is 13.0 Å². The van der Waals surface area contributed by atoms with Crippen LogP contribution in [-0.2, 0) is 0 Å². The monoisotopic (exact) mass is 263 g/mol. The fraction of sp³-hybridized carbons (Fsp3) is 0.545. The molecular weight excluding hydrogens is 247 g/mol. The molecule has 0 aliphatic carbocycles. The van der Waals surface area contributed by atoms with Gasteiger partial charge in [-0.2, -0.15) is 13.2 Å². The average molecular weight is 263 g/mol. The minimum atomic E-state index is -4.62. The first-order valence-electron chi connectivity index (χ1n) is 5.63. The molecule has 0 spiro atoms. The van der Waals surface area contributed by atoms with Gasteiger partial charge in [0.2, 0.25) is 0 Å². The summed E-state index contributed by atoms with van der Waals surface area (Å²) in [4.78, 5) is 4.06. The number of hydrogen-bond acceptors (Lipinski definition) is 4. The second kappa shape index (κ2) is 6.44. The second-order valence-electron chi connectivity index (χ2n) is 3.77. The predicted molar refractivity (Wildman–Crippen MR) is 63.6 cm³/mol. The highest BCUT2D eigenvalue weighted by Gasteiger charge is 2.37. The molecule has 0 radical (unpaired) electrons. The molecule has 1 atom stereocenters. The SMILES string of the molecule is CCCNc1cccc(NCC(O)C(F)(F)F)n1. The van der Waals surface area contributed by atoms with Crippen molar-refractivity contribution in [3.63, 3.8) is 0 Å². The Bertz CT molecular complexity index is 371. The molecule has 0 fully saturated rings. The Morgan fingerprint density at radius 3 is 2.44 bits per heavy atom. The molecule has 0 saturated carbocycles. The van der Waals surface area contributed by atoms with Gasteiger partial charge in [-0.25, -0.2) is 4.98 Å². The lowest BCUT2D eigenvalue weighted by Crippen LogP contribution is -2.35. The van der Waals surface area contributed by atoms with Crippen LogP contribution in [0.4, 0.5) is 24.8 Å². The van der Waals surface area contributed by atoms with Gasteiger partial charge in [-0.3, -0.25) is 0 Å². The summed E-state index contributed by atoms with van der Waals surface area (Å²) in [6.45, 7) is 2.12. The van der Waals surface area contributed by atoms with E-state index in [1.165, 1.54) is 0 Å². The van der Waals surface area contributed by atoms with Crippen molar-refractivity contribution in [1.82, 2.24) is 4.98 Å². The molecule has 1 heterocycles. The maximum absolute atomic E-state index is 12.1. The number of nitrogens with one attached hydrogen (secondary N) is 2. The van der Waals surface area contributed by atoms with E-state index in [0.717, 1.165) is 13.0 Å². The molecule has 0 aliphatic rings. The summed E-state index contributed by atoms with van der Waals surface area (Å²) in [5.41, 5.74) is 0. The predicted octanol–water partition coefficient (Wildman–Crippen LogP) is 2.24. The Morgan fingerprint density at radius 2 is 1.89 bits per heavy atom. The number of aliphatic hydroxyl groups excluding tert-OH is 1. The maximum Gasteiger partial charge on any atom is 0.416 e. The highest BCUT2D eigenvalue weighted by molar-refractivity contribution is 5.45. The van der Waals surface area contributed by atoms with Gasteiger partial charge in [0.1, 0.15) is 11.6 Å². The fourth-order valence-corrected chi connectivity index (χ4v) is 1.20. The highest BCUT2D eigenvalue weighted by Crippen LogP contribution is 2.20. The van der Waals surface area contributed by atoms with Crippen LogP contribution in [-0.4, -0.2) is 35.5 Å². The van der Waals surface area contributed by atoms with E-state index < -0.39 is 18.8 Å². The molecule has 1 rings (SSSR count). The lowest BCUT2D eigenvalue weighted by atomic mass is 10.3. The molecule has 3 N–H and O–H groups in total. The molecule has 0 amide bonds. The Balaban J connectivity index is 2.52. The Kier molecular flexibility index (Phi) is 5.21. The molecule has 1 aromatic rings. The van der Waals surface area contributed by atoms with Crippen LogP contribution in [0.5, 0.6) is 0 Å². The van der Waals surface area contributed by atoms with Crippen LogP contribution in [0.3, 0.4) is 0 Å². The van der Waals surface area contributed by atoms with Gasteiger partial charge in [0.05, 0.1) is 6.54 Å². The molecule has 7 heteroatoms. The third-order valence-corrected chi connectivity index (χ3v) is 2.16. The minimum absolute atomic E-state index is 0.291. The van der Waals surface area contributed by atoms with Gasteiger partial charge in [-0.15, -0.1) is 0 Å². The first-order chi connectivity index (χ1) is 8.43. The number of anilines is 2. The summed E-state index contributed by atoms with van der Waals surface area (Å²) < 4.78 is 36.2. The molecule has 0 aliphatic heterocycles. The van der Waals surface area contributed by atoms with Crippen molar-refractivity contribution >= 4 is 11.6 Å². The number of nitrogens with zero attached hydrogens (tertiary/aromatic N) is 1. The molecule has 0 bridgehead atoms. The normalized spacial score (nSPS) is 13.2. The lowest BCUT2D eigenvalue weighted by Gasteiger charge is -2.15. The van der Waals surface area contributed by atoms with Crippen molar-refractivity contribution in [2.24, 2.45) is 0 Å². The highest BCUT2D eigenvalue weighted by atomic mass is 19.4. The molecule has 1 aromatic heterocycles. The van der Waals surface area contributed by atoms with Gasteiger partial charge in [0.15, 0.2) is 6.10 Å². The van der Waals surface area contributed by atoms with Crippen molar-refractivity contribution < 1.29 is 18.3 Å². The van der Waals surface area contributed by atoms with E-state index in [2.05, 4.69) is 15.6 Å². The number of aliphatic hydroxyl groups is 1. The molecule has 0 aromatic carbocycles. The van der Waals surface area contributed by atoms with E-state index in [9.17, 15) is 13.2 Å². The number of rotatable bonds is 6. The van der Waals surface area contributed by atoms with Crippen molar-refractivity contribution in [1.29, 1.82) is 0 Å². The molecule has 0 saturated heterocycles. The fourth-order valence-electron chi connectivity index (χ4n) is 1.20. The first-order valence-corrected chi connectivity index (χ1v) is 5.63. The second-order valence-corrected chi connectivity index (χ2v) is 3.77. The zero-order valence-electron chi connectivity index (χ0n) is 9.96.